The molecule has 3 rings (SSSR count). The van der Waals surface area contributed by atoms with Crippen molar-refractivity contribution in [3.8, 4) is 11.5 Å². The lowest BCUT2D eigenvalue weighted by Crippen LogP contribution is -2.06. The van der Waals surface area contributed by atoms with E-state index in [1.165, 1.54) is 11.3 Å². The van der Waals surface area contributed by atoms with Crippen molar-refractivity contribution < 1.29 is 4.42 Å². The fourth-order valence-electron chi connectivity index (χ4n) is 2.05. The smallest absolute Gasteiger partial charge is 0.247 e. The minimum absolute atomic E-state index is 0.233. The molecule has 102 valence electrons. The lowest BCUT2D eigenvalue weighted by atomic mass is 10.2. The molecular formula is C14H14N4OS. The molecule has 0 aliphatic rings. The van der Waals surface area contributed by atoms with Gasteiger partial charge < -0.3 is 9.73 Å². The molecular weight excluding hydrogens is 272 g/mol. The summed E-state index contributed by atoms with van der Waals surface area (Å²) in [4.78, 5) is 5.53. The molecule has 1 aromatic carbocycles. The third-order valence-electron chi connectivity index (χ3n) is 3.05. The molecule has 1 atom stereocenters. The molecule has 20 heavy (non-hydrogen) atoms. The van der Waals surface area contributed by atoms with Crippen molar-refractivity contribution in [2.75, 3.05) is 5.32 Å². The van der Waals surface area contributed by atoms with E-state index in [1.807, 2.05) is 36.7 Å². The van der Waals surface area contributed by atoms with Crippen molar-refractivity contribution in [3.05, 3.63) is 46.7 Å². The maximum Gasteiger partial charge on any atom is 0.247 e. The minimum Gasteiger partial charge on any atom is -0.423 e. The van der Waals surface area contributed by atoms with E-state index in [0.717, 1.165) is 16.9 Å². The van der Waals surface area contributed by atoms with Gasteiger partial charge in [0.2, 0.25) is 12.3 Å². The Labute approximate surface area is 120 Å². The van der Waals surface area contributed by atoms with Crippen molar-refractivity contribution in [1.29, 1.82) is 0 Å². The Morgan fingerprint density at radius 3 is 2.65 bits per heavy atom. The quantitative estimate of drug-likeness (QED) is 0.792. The molecule has 0 saturated heterocycles. The molecule has 0 radical (unpaired) electrons. The predicted molar refractivity (Wildman–Crippen MR) is 78.6 cm³/mol. The van der Waals surface area contributed by atoms with E-state index in [9.17, 15) is 0 Å². The van der Waals surface area contributed by atoms with E-state index < -0.39 is 0 Å². The van der Waals surface area contributed by atoms with E-state index >= 15 is 0 Å². The van der Waals surface area contributed by atoms with Gasteiger partial charge in [-0.05, 0) is 38.1 Å². The Morgan fingerprint density at radius 1 is 1.25 bits per heavy atom. The Bertz CT molecular complexity index is 676. The molecule has 0 bridgehead atoms. The summed E-state index contributed by atoms with van der Waals surface area (Å²) in [7, 11) is 0. The molecule has 0 spiro atoms. The Kier molecular flexibility index (Phi) is 3.47. The first-order chi connectivity index (χ1) is 9.74. The van der Waals surface area contributed by atoms with Gasteiger partial charge in [-0.2, -0.15) is 0 Å². The number of benzene rings is 1. The Morgan fingerprint density at radius 2 is 2.05 bits per heavy atom. The molecule has 6 heteroatoms. The fraction of sp³-hybridized carbons (Fsp3) is 0.214. The zero-order valence-corrected chi connectivity index (χ0v) is 12.0. The number of thiazole rings is 1. The first kappa shape index (κ1) is 12.8. The van der Waals surface area contributed by atoms with Crippen LogP contribution in [-0.4, -0.2) is 15.2 Å². The number of aromatic nitrogens is 3. The number of hydrogen-bond donors (Lipinski definition) is 1. The highest BCUT2D eigenvalue weighted by Gasteiger charge is 2.11. The normalized spacial score (nSPS) is 12.3. The first-order valence-electron chi connectivity index (χ1n) is 6.27. The monoisotopic (exact) mass is 286 g/mol. The third-order valence-corrected chi connectivity index (χ3v) is 4.16. The second-order valence-electron chi connectivity index (χ2n) is 4.49. The van der Waals surface area contributed by atoms with E-state index in [1.54, 1.807) is 11.3 Å². The van der Waals surface area contributed by atoms with E-state index in [4.69, 9.17) is 4.42 Å². The summed E-state index contributed by atoms with van der Waals surface area (Å²) in [6.07, 6.45) is 1.33. The van der Waals surface area contributed by atoms with Crippen molar-refractivity contribution in [2.45, 2.75) is 19.9 Å². The van der Waals surface area contributed by atoms with Crippen LogP contribution in [0.4, 0.5) is 5.69 Å². The summed E-state index contributed by atoms with van der Waals surface area (Å²) in [5, 5.41) is 11.0. The van der Waals surface area contributed by atoms with Crippen LogP contribution in [0, 0.1) is 6.92 Å². The Balaban J connectivity index is 1.74. The van der Waals surface area contributed by atoms with Gasteiger partial charge in [-0.15, -0.1) is 21.5 Å². The molecule has 0 aliphatic heterocycles. The summed E-state index contributed by atoms with van der Waals surface area (Å²) >= 11 is 1.67. The van der Waals surface area contributed by atoms with Crippen molar-refractivity contribution in [1.82, 2.24) is 15.2 Å². The van der Waals surface area contributed by atoms with Gasteiger partial charge in [-0.25, -0.2) is 4.98 Å². The molecule has 2 heterocycles. The Hall–Kier alpha value is -2.21. The average molecular weight is 286 g/mol. The lowest BCUT2D eigenvalue weighted by molar-refractivity contribution is 0.568. The molecule has 0 amide bonds. The van der Waals surface area contributed by atoms with Gasteiger partial charge in [0.05, 0.1) is 17.2 Å². The van der Waals surface area contributed by atoms with Crippen LogP contribution < -0.4 is 5.32 Å². The predicted octanol–water partition coefficient (Wildman–Crippen LogP) is 3.67. The molecule has 0 fully saturated rings. The van der Waals surface area contributed by atoms with Gasteiger partial charge in [0.25, 0.3) is 0 Å². The fourth-order valence-corrected chi connectivity index (χ4v) is 2.86. The lowest BCUT2D eigenvalue weighted by Gasteiger charge is -2.14. The number of nitrogens with one attached hydrogen (secondary N) is 1. The number of hydrogen-bond acceptors (Lipinski definition) is 6. The number of rotatable bonds is 4. The molecule has 0 saturated carbocycles. The zero-order chi connectivity index (χ0) is 13.9. The number of aryl methyl sites for hydroxylation is 1. The molecule has 1 unspecified atom stereocenters. The summed E-state index contributed by atoms with van der Waals surface area (Å²) < 4.78 is 5.17. The van der Waals surface area contributed by atoms with Gasteiger partial charge in [0.1, 0.15) is 0 Å². The van der Waals surface area contributed by atoms with Crippen LogP contribution in [0.3, 0.4) is 0 Å². The van der Waals surface area contributed by atoms with Gasteiger partial charge in [-0.3, -0.25) is 0 Å². The maximum atomic E-state index is 5.17. The van der Waals surface area contributed by atoms with Gasteiger partial charge in [-0.1, -0.05) is 0 Å². The second kappa shape index (κ2) is 5.42. The second-order valence-corrected chi connectivity index (χ2v) is 5.38. The molecule has 3 aromatic rings. The highest BCUT2D eigenvalue weighted by molar-refractivity contribution is 7.09. The summed E-state index contributed by atoms with van der Waals surface area (Å²) in [5.74, 6) is 0.530. The number of anilines is 1. The van der Waals surface area contributed by atoms with Crippen LogP contribution in [0.25, 0.3) is 11.5 Å². The van der Waals surface area contributed by atoms with E-state index in [2.05, 4.69) is 27.4 Å². The van der Waals surface area contributed by atoms with Gasteiger partial charge in [0.15, 0.2) is 0 Å². The van der Waals surface area contributed by atoms with Crippen LogP contribution in [-0.2, 0) is 0 Å². The van der Waals surface area contributed by atoms with Crippen LogP contribution in [0.2, 0.25) is 0 Å². The van der Waals surface area contributed by atoms with E-state index in [-0.39, 0.29) is 6.04 Å². The van der Waals surface area contributed by atoms with Crippen LogP contribution >= 0.6 is 11.3 Å². The summed E-state index contributed by atoms with van der Waals surface area (Å²) in [5.41, 5.74) is 4.92. The van der Waals surface area contributed by atoms with Crippen LogP contribution in [0.15, 0.2) is 40.6 Å². The summed E-state index contributed by atoms with van der Waals surface area (Å²) in [6, 6.07) is 8.17. The standard InChI is InChI=1S/C14H14N4OS/c1-9-13(20-8-15-9)10(2)17-12-5-3-11(4-6-12)14-18-16-7-19-14/h3-8,10,17H,1-2H3. The van der Waals surface area contributed by atoms with E-state index in [0.29, 0.717) is 5.89 Å². The van der Waals surface area contributed by atoms with Gasteiger partial charge >= 0.3 is 0 Å². The van der Waals surface area contributed by atoms with Crippen molar-refractivity contribution in [3.63, 3.8) is 0 Å². The number of nitrogens with zero attached hydrogens (tertiary/aromatic N) is 3. The highest BCUT2D eigenvalue weighted by atomic mass is 32.1. The van der Waals surface area contributed by atoms with Crippen molar-refractivity contribution in [2.24, 2.45) is 0 Å². The van der Waals surface area contributed by atoms with Crippen LogP contribution in [0.1, 0.15) is 23.5 Å². The first-order valence-corrected chi connectivity index (χ1v) is 7.15. The molecule has 2 aromatic heterocycles. The molecule has 1 N–H and O–H groups in total. The average Bonchev–Trinajstić information content (AvgIpc) is 3.10. The topological polar surface area (TPSA) is 63.8 Å². The highest BCUT2D eigenvalue weighted by Crippen LogP contribution is 2.26. The van der Waals surface area contributed by atoms with Crippen molar-refractivity contribution >= 4 is 17.0 Å². The SMILES string of the molecule is Cc1ncsc1C(C)Nc1ccc(-c2nnco2)cc1. The largest absolute Gasteiger partial charge is 0.423 e. The third kappa shape index (κ3) is 2.55. The van der Waals surface area contributed by atoms with Crippen LogP contribution in [0.5, 0.6) is 0 Å². The summed E-state index contributed by atoms with van der Waals surface area (Å²) in [6.45, 7) is 4.16. The molecule has 5 nitrogen and oxygen atoms in total. The maximum absolute atomic E-state index is 5.17. The minimum atomic E-state index is 0.233. The van der Waals surface area contributed by atoms with Gasteiger partial charge in [0, 0.05) is 16.1 Å². The molecule has 0 aliphatic carbocycles. The zero-order valence-electron chi connectivity index (χ0n) is 11.2.